The number of likely N-dealkylation sites (N-methyl/N-ethyl adjacent to an activating group) is 1. The summed E-state index contributed by atoms with van der Waals surface area (Å²) in [6.45, 7) is 3.65. The number of nitrogens with zero attached hydrogens (tertiary/aromatic N) is 3. The number of carbonyl (C=O) groups excluding carboxylic acids is 1. The van der Waals surface area contributed by atoms with Crippen LogP contribution in [0.1, 0.15) is 12.7 Å². The van der Waals surface area contributed by atoms with Crippen LogP contribution >= 0.6 is 0 Å². The summed E-state index contributed by atoms with van der Waals surface area (Å²) in [6.07, 6.45) is 2.44. The highest BCUT2D eigenvalue weighted by molar-refractivity contribution is 5.77. The molecule has 0 aliphatic heterocycles. The molecule has 84 valence electrons. The lowest BCUT2D eigenvalue weighted by atomic mass is 10.4. The average molecular weight is 211 g/mol. The molecule has 15 heavy (non-hydrogen) atoms. The molecule has 0 saturated heterocycles. The summed E-state index contributed by atoms with van der Waals surface area (Å²) in [5.41, 5.74) is 0. The van der Waals surface area contributed by atoms with Crippen LogP contribution in [0.5, 0.6) is 0 Å². The highest BCUT2D eigenvalue weighted by Crippen LogP contribution is 1.90. The molecule has 0 aromatic carbocycles. The zero-order chi connectivity index (χ0) is 11.1. The van der Waals surface area contributed by atoms with E-state index in [0.29, 0.717) is 13.1 Å². The molecule has 1 heterocycles. The van der Waals surface area contributed by atoms with Crippen molar-refractivity contribution in [1.82, 2.24) is 25.4 Å². The summed E-state index contributed by atoms with van der Waals surface area (Å²) in [4.78, 5) is 11.1. The topological polar surface area (TPSA) is 71.8 Å². The van der Waals surface area contributed by atoms with Gasteiger partial charge in [-0.05, 0) is 6.92 Å². The van der Waals surface area contributed by atoms with Crippen LogP contribution in [0.2, 0.25) is 0 Å². The Hall–Kier alpha value is -1.43. The smallest absolute Gasteiger partial charge is 0.233 e. The van der Waals surface area contributed by atoms with Crippen molar-refractivity contribution in [3.63, 3.8) is 0 Å². The number of aryl methyl sites for hydroxylation is 1. The molecule has 0 radical (unpaired) electrons. The predicted molar refractivity (Wildman–Crippen MR) is 56.3 cm³/mol. The summed E-state index contributed by atoms with van der Waals surface area (Å²) < 4.78 is 1.87. The van der Waals surface area contributed by atoms with Crippen molar-refractivity contribution in [2.75, 3.05) is 19.6 Å². The van der Waals surface area contributed by atoms with Crippen molar-refractivity contribution in [3.05, 3.63) is 12.2 Å². The summed E-state index contributed by atoms with van der Waals surface area (Å²) in [6, 6.07) is 0. The largest absolute Gasteiger partial charge is 0.355 e. The van der Waals surface area contributed by atoms with Gasteiger partial charge in [0.1, 0.15) is 12.2 Å². The van der Waals surface area contributed by atoms with E-state index in [0.717, 1.165) is 18.8 Å². The van der Waals surface area contributed by atoms with Crippen molar-refractivity contribution >= 4 is 5.91 Å². The Kier molecular flexibility index (Phi) is 4.76. The van der Waals surface area contributed by atoms with E-state index in [-0.39, 0.29) is 5.91 Å². The van der Waals surface area contributed by atoms with Gasteiger partial charge in [-0.3, -0.25) is 4.79 Å². The van der Waals surface area contributed by atoms with Gasteiger partial charge in [-0.1, -0.05) is 0 Å². The average Bonchev–Trinajstić information content (AvgIpc) is 2.60. The fourth-order valence-corrected chi connectivity index (χ4v) is 1.20. The molecule has 0 aliphatic carbocycles. The quantitative estimate of drug-likeness (QED) is 0.597. The van der Waals surface area contributed by atoms with Gasteiger partial charge in [-0.2, -0.15) is 0 Å². The maximum Gasteiger partial charge on any atom is 0.233 e. The molecule has 0 atom stereocenters. The first-order chi connectivity index (χ1) is 7.24. The summed E-state index contributed by atoms with van der Waals surface area (Å²) in [7, 11) is 1.90. The Labute approximate surface area is 89.1 Å². The molecular weight excluding hydrogens is 194 g/mol. The fraction of sp³-hybridized carbons (Fsp3) is 0.667. The second kappa shape index (κ2) is 6.13. The zero-order valence-electron chi connectivity index (χ0n) is 9.16. The highest BCUT2D eigenvalue weighted by Gasteiger charge is 2.01. The van der Waals surface area contributed by atoms with Crippen LogP contribution < -0.4 is 10.6 Å². The number of hydrogen-bond acceptors (Lipinski definition) is 4. The van der Waals surface area contributed by atoms with Gasteiger partial charge in [0.25, 0.3) is 0 Å². The van der Waals surface area contributed by atoms with Gasteiger partial charge in [0.2, 0.25) is 5.91 Å². The van der Waals surface area contributed by atoms with E-state index in [1.54, 1.807) is 6.33 Å². The van der Waals surface area contributed by atoms with Crippen LogP contribution in [0.4, 0.5) is 0 Å². The van der Waals surface area contributed by atoms with E-state index in [1.807, 2.05) is 18.5 Å². The van der Waals surface area contributed by atoms with Crippen molar-refractivity contribution in [3.8, 4) is 0 Å². The maximum absolute atomic E-state index is 11.1. The number of rotatable bonds is 6. The molecule has 0 bridgehead atoms. The standard InChI is InChI=1S/C9H17N5O/c1-3-11-9(15)6-10-5-4-8-13-12-7-14(8)2/h7,10H,3-6H2,1-2H3,(H,11,15). The molecule has 1 aromatic heterocycles. The Balaban J connectivity index is 2.12. The number of hydrogen-bond donors (Lipinski definition) is 2. The molecule has 2 N–H and O–H groups in total. The third-order valence-corrected chi connectivity index (χ3v) is 1.99. The van der Waals surface area contributed by atoms with Gasteiger partial charge in [0, 0.05) is 26.6 Å². The van der Waals surface area contributed by atoms with E-state index >= 15 is 0 Å². The lowest BCUT2D eigenvalue weighted by Crippen LogP contribution is -2.34. The third kappa shape index (κ3) is 4.07. The van der Waals surface area contributed by atoms with Crippen LogP contribution in [0, 0.1) is 0 Å². The lowest BCUT2D eigenvalue weighted by molar-refractivity contribution is -0.120. The van der Waals surface area contributed by atoms with Crippen LogP contribution in [0.3, 0.4) is 0 Å². The van der Waals surface area contributed by atoms with E-state index < -0.39 is 0 Å². The molecule has 0 saturated carbocycles. The van der Waals surface area contributed by atoms with E-state index in [9.17, 15) is 4.79 Å². The minimum atomic E-state index is 0.0236. The van der Waals surface area contributed by atoms with E-state index in [1.165, 1.54) is 0 Å². The first-order valence-electron chi connectivity index (χ1n) is 5.04. The van der Waals surface area contributed by atoms with Gasteiger partial charge in [0.15, 0.2) is 0 Å². The summed E-state index contributed by atoms with van der Waals surface area (Å²) >= 11 is 0. The lowest BCUT2D eigenvalue weighted by Gasteiger charge is -2.04. The third-order valence-electron chi connectivity index (χ3n) is 1.99. The number of nitrogens with one attached hydrogen (secondary N) is 2. The van der Waals surface area contributed by atoms with Crippen LogP contribution in [-0.4, -0.2) is 40.3 Å². The van der Waals surface area contributed by atoms with E-state index in [2.05, 4.69) is 20.8 Å². The number of aromatic nitrogens is 3. The molecule has 0 unspecified atom stereocenters. The number of carbonyl (C=O) groups is 1. The van der Waals surface area contributed by atoms with Gasteiger partial charge >= 0.3 is 0 Å². The second-order valence-corrected chi connectivity index (χ2v) is 3.24. The van der Waals surface area contributed by atoms with Gasteiger partial charge in [0.05, 0.1) is 6.54 Å². The molecule has 1 rings (SSSR count). The van der Waals surface area contributed by atoms with Crippen LogP contribution in [0.15, 0.2) is 6.33 Å². The van der Waals surface area contributed by atoms with Crippen LogP contribution in [0.25, 0.3) is 0 Å². The van der Waals surface area contributed by atoms with Crippen molar-refractivity contribution in [2.24, 2.45) is 7.05 Å². The monoisotopic (exact) mass is 211 g/mol. The molecule has 0 spiro atoms. The molecule has 1 aromatic rings. The molecule has 1 amide bonds. The summed E-state index contributed by atoms with van der Waals surface area (Å²) in [5.74, 6) is 0.939. The normalized spacial score (nSPS) is 10.3. The molecular formula is C9H17N5O. The van der Waals surface area contributed by atoms with E-state index in [4.69, 9.17) is 0 Å². The number of amides is 1. The summed E-state index contributed by atoms with van der Waals surface area (Å²) in [5, 5.41) is 13.5. The van der Waals surface area contributed by atoms with Crippen molar-refractivity contribution < 1.29 is 4.79 Å². The van der Waals surface area contributed by atoms with Crippen molar-refractivity contribution in [2.45, 2.75) is 13.3 Å². The van der Waals surface area contributed by atoms with Gasteiger partial charge < -0.3 is 15.2 Å². The van der Waals surface area contributed by atoms with Crippen LogP contribution in [-0.2, 0) is 18.3 Å². The SMILES string of the molecule is CCNC(=O)CNCCc1nncn1C. The van der Waals surface area contributed by atoms with Gasteiger partial charge in [-0.15, -0.1) is 10.2 Å². The Morgan fingerprint density at radius 1 is 1.60 bits per heavy atom. The minimum absolute atomic E-state index is 0.0236. The maximum atomic E-state index is 11.1. The zero-order valence-corrected chi connectivity index (χ0v) is 9.16. The Morgan fingerprint density at radius 2 is 2.40 bits per heavy atom. The minimum Gasteiger partial charge on any atom is -0.355 e. The fourth-order valence-electron chi connectivity index (χ4n) is 1.20. The predicted octanol–water partition coefficient (Wildman–Crippen LogP) is -0.917. The molecule has 6 heteroatoms. The molecule has 0 aliphatic rings. The van der Waals surface area contributed by atoms with Crippen molar-refractivity contribution in [1.29, 1.82) is 0 Å². The second-order valence-electron chi connectivity index (χ2n) is 3.24. The first-order valence-corrected chi connectivity index (χ1v) is 5.04. The molecule has 6 nitrogen and oxygen atoms in total. The first kappa shape index (κ1) is 11.6. The molecule has 0 fully saturated rings. The highest BCUT2D eigenvalue weighted by atomic mass is 16.1. The Bertz CT molecular complexity index is 309. The van der Waals surface area contributed by atoms with Gasteiger partial charge in [-0.25, -0.2) is 0 Å². The Morgan fingerprint density at radius 3 is 3.00 bits per heavy atom.